The average molecular weight is 272 g/mol. The first kappa shape index (κ1) is 14.3. The van der Waals surface area contributed by atoms with Crippen molar-refractivity contribution in [3.8, 4) is 5.69 Å². The summed E-state index contributed by atoms with van der Waals surface area (Å²) in [5.74, 6) is -0.0531. The summed E-state index contributed by atoms with van der Waals surface area (Å²) in [5, 5.41) is 4.41. The van der Waals surface area contributed by atoms with Gasteiger partial charge in [0.05, 0.1) is 16.9 Å². The number of hydrogen-bond acceptors (Lipinski definition) is 3. The Morgan fingerprint density at radius 1 is 1.40 bits per heavy atom. The smallest absolute Gasteiger partial charge is 0.257 e. The summed E-state index contributed by atoms with van der Waals surface area (Å²) >= 11 is 0. The van der Waals surface area contributed by atoms with Crippen molar-refractivity contribution in [2.45, 2.75) is 19.9 Å². The first-order chi connectivity index (χ1) is 9.54. The normalized spacial score (nSPS) is 12.2. The van der Waals surface area contributed by atoms with E-state index >= 15 is 0 Å². The predicted octanol–water partition coefficient (Wildman–Crippen LogP) is 1.60. The fourth-order valence-electron chi connectivity index (χ4n) is 1.93. The van der Waals surface area contributed by atoms with Gasteiger partial charge in [-0.15, -0.1) is 0 Å². The standard InChI is InChI=1S/C15H20N4O/c1-11(9-16)18(3)15(20)14-10-19(17-12(14)2)13-7-5-4-6-8-13/h4-8,10-11H,9,16H2,1-3H3. The molecule has 5 nitrogen and oxygen atoms in total. The number of likely N-dealkylation sites (N-methyl/N-ethyl adjacent to an activating group) is 1. The van der Waals surface area contributed by atoms with Crippen LogP contribution >= 0.6 is 0 Å². The third kappa shape index (κ3) is 2.72. The fraction of sp³-hybridized carbons (Fsp3) is 0.333. The van der Waals surface area contributed by atoms with Gasteiger partial charge < -0.3 is 10.6 Å². The number of nitrogens with zero attached hydrogens (tertiary/aromatic N) is 3. The summed E-state index contributed by atoms with van der Waals surface area (Å²) in [4.78, 5) is 14.1. The molecule has 1 amide bonds. The van der Waals surface area contributed by atoms with Crippen molar-refractivity contribution < 1.29 is 4.79 Å². The Kier molecular flexibility index (Phi) is 4.20. The molecule has 2 aromatic rings. The van der Waals surface area contributed by atoms with E-state index in [9.17, 15) is 4.79 Å². The van der Waals surface area contributed by atoms with Crippen molar-refractivity contribution >= 4 is 5.91 Å². The minimum absolute atomic E-state index is 0.00183. The van der Waals surface area contributed by atoms with Crippen LogP contribution in [0.5, 0.6) is 0 Å². The molecule has 0 saturated carbocycles. The highest BCUT2D eigenvalue weighted by Gasteiger charge is 2.20. The zero-order chi connectivity index (χ0) is 14.7. The van der Waals surface area contributed by atoms with Gasteiger partial charge in [-0.2, -0.15) is 5.10 Å². The number of carbonyl (C=O) groups excluding carboxylic acids is 1. The van der Waals surface area contributed by atoms with E-state index in [4.69, 9.17) is 5.73 Å². The molecule has 1 heterocycles. The third-order valence-electron chi connectivity index (χ3n) is 3.47. The molecule has 20 heavy (non-hydrogen) atoms. The topological polar surface area (TPSA) is 64.2 Å². The van der Waals surface area contributed by atoms with Crippen LogP contribution in [0, 0.1) is 6.92 Å². The van der Waals surface area contributed by atoms with Crippen molar-refractivity contribution in [3.63, 3.8) is 0 Å². The van der Waals surface area contributed by atoms with E-state index in [-0.39, 0.29) is 11.9 Å². The Morgan fingerprint density at radius 2 is 2.05 bits per heavy atom. The molecule has 2 N–H and O–H groups in total. The molecule has 0 aliphatic carbocycles. The number of aromatic nitrogens is 2. The lowest BCUT2D eigenvalue weighted by molar-refractivity contribution is 0.0747. The minimum Gasteiger partial charge on any atom is -0.338 e. The zero-order valence-electron chi connectivity index (χ0n) is 12.1. The minimum atomic E-state index is -0.0531. The van der Waals surface area contributed by atoms with Crippen molar-refractivity contribution in [2.24, 2.45) is 5.73 Å². The number of aryl methyl sites for hydroxylation is 1. The second kappa shape index (κ2) is 5.88. The molecule has 1 unspecified atom stereocenters. The highest BCUT2D eigenvalue weighted by molar-refractivity contribution is 5.95. The van der Waals surface area contributed by atoms with Crippen LogP contribution in [0.4, 0.5) is 0 Å². The number of nitrogens with two attached hydrogens (primary N) is 1. The van der Waals surface area contributed by atoms with Gasteiger partial charge in [0.1, 0.15) is 0 Å². The average Bonchev–Trinajstić information content (AvgIpc) is 2.87. The van der Waals surface area contributed by atoms with Gasteiger partial charge in [0.15, 0.2) is 0 Å². The predicted molar refractivity (Wildman–Crippen MR) is 78.9 cm³/mol. The molecule has 0 aliphatic heterocycles. The van der Waals surface area contributed by atoms with Crippen LogP contribution in [-0.4, -0.2) is 40.2 Å². The largest absolute Gasteiger partial charge is 0.338 e. The highest BCUT2D eigenvalue weighted by Crippen LogP contribution is 2.14. The van der Waals surface area contributed by atoms with E-state index in [0.717, 1.165) is 11.4 Å². The van der Waals surface area contributed by atoms with E-state index in [1.54, 1.807) is 22.8 Å². The van der Waals surface area contributed by atoms with E-state index < -0.39 is 0 Å². The van der Waals surface area contributed by atoms with Gasteiger partial charge in [-0.05, 0) is 26.0 Å². The summed E-state index contributed by atoms with van der Waals surface area (Å²) in [7, 11) is 1.76. The molecular weight excluding hydrogens is 252 g/mol. The SMILES string of the molecule is Cc1nn(-c2ccccc2)cc1C(=O)N(C)C(C)CN. The third-order valence-corrected chi connectivity index (χ3v) is 3.47. The first-order valence-corrected chi connectivity index (χ1v) is 6.63. The molecule has 0 bridgehead atoms. The number of carbonyl (C=O) groups is 1. The summed E-state index contributed by atoms with van der Waals surface area (Å²) in [6, 6.07) is 9.73. The molecule has 1 aromatic carbocycles. The Hall–Kier alpha value is -2.14. The molecular formula is C15H20N4O. The van der Waals surface area contributed by atoms with Crippen LogP contribution in [0.1, 0.15) is 23.0 Å². The molecule has 106 valence electrons. The molecule has 0 spiro atoms. The van der Waals surface area contributed by atoms with Crippen LogP contribution in [-0.2, 0) is 0 Å². The zero-order valence-corrected chi connectivity index (χ0v) is 12.1. The second-order valence-corrected chi connectivity index (χ2v) is 4.91. The van der Waals surface area contributed by atoms with E-state index in [1.807, 2.05) is 44.2 Å². The summed E-state index contributed by atoms with van der Waals surface area (Å²) < 4.78 is 1.73. The Bertz CT molecular complexity index is 591. The van der Waals surface area contributed by atoms with Crippen LogP contribution in [0.15, 0.2) is 36.5 Å². The van der Waals surface area contributed by atoms with Crippen molar-refractivity contribution in [1.29, 1.82) is 0 Å². The lowest BCUT2D eigenvalue weighted by Gasteiger charge is -2.23. The fourth-order valence-corrected chi connectivity index (χ4v) is 1.93. The van der Waals surface area contributed by atoms with E-state index in [1.165, 1.54) is 0 Å². The van der Waals surface area contributed by atoms with Crippen LogP contribution < -0.4 is 5.73 Å². The highest BCUT2D eigenvalue weighted by atomic mass is 16.2. The maximum Gasteiger partial charge on any atom is 0.257 e. The molecule has 1 atom stereocenters. The van der Waals surface area contributed by atoms with Gasteiger partial charge in [0.2, 0.25) is 0 Å². The number of hydrogen-bond donors (Lipinski definition) is 1. The lowest BCUT2D eigenvalue weighted by atomic mass is 10.2. The molecule has 5 heteroatoms. The van der Waals surface area contributed by atoms with Crippen LogP contribution in [0.2, 0.25) is 0 Å². The summed E-state index contributed by atoms with van der Waals surface area (Å²) in [6.07, 6.45) is 1.77. The monoisotopic (exact) mass is 272 g/mol. The van der Waals surface area contributed by atoms with Crippen LogP contribution in [0.3, 0.4) is 0 Å². The van der Waals surface area contributed by atoms with Crippen molar-refractivity contribution in [3.05, 3.63) is 47.8 Å². The Labute approximate surface area is 119 Å². The maximum absolute atomic E-state index is 12.4. The molecule has 1 aromatic heterocycles. The molecule has 0 saturated heterocycles. The number of benzene rings is 1. The van der Waals surface area contributed by atoms with Crippen LogP contribution in [0.25, 0.3) is 5.69 Å². The van der Waals surface area contributed by atoms with Gasteiger partial charge in [-0.25, -0.2) is 4.68 Å². The van der Waals surface area contributed by atoms with Gasteiger partial charge in [-0.3, -0.25) is 4.79 Å². The Balaban J connectivity index is 2.31. The number of amides is 1. The summed E-state index contributed by atoms with van der Waals surface area (Å²) in [5.41, 5.74) is 7.87. The van der Waals surface area contributed by atoms with Crippen molar-refractivity contribution in [1.82, 2.24) is 14.7 Å². The van der Waals surface area contributed by atoms with E-state index in [2.05, 4.69) is 5.10 Å². The number of rotatable bonds is 4. The quantitative estimate of drug-likeness (QED) is 0.919. The maximum atomic E-state index is 12.4. The summed E-state index contributed by atoms with van der Waals surface area (Å²) in [6.45, 7) is 4.20. The number of para-hydroxylation sites is 1. The molecule has 0 radical (unpaired) electrons. The first-order valence-electron chi connectivity index (χ1n) is 6.63. The van der Waals surface area contributed by atoms with Crippen molar-refractivity contribution in [2.75, 3.05) is 13.6 Å². The Morgan fingerprint density at radius 3 is 2.65 bits per heavy atom. The second-order valence-electron chi connectivity index (χ2n) is 4.91. The van der Waals surface area contributed by atoms with Gasteiger partial charge in [0.25, 0.3) is 5.91 Å². The lowest BCUT2D eigenvalue weighted by Crippen LogP contribution is -2.39. The van der Waals surface area contributed by atoms with Gasteiger partial charge in [0, 0.05) is 25.8 Å². The molecule has 0 aliphatic rings. The van der Waals surface area contributed by atoms with E-state index in [0.29, 0.717) is 12.1 Å². The molecule has 2 rings (SSSR count). The molecule has 0 fully saturated rings. The van der Waals surface area contributed by atoms with Gasteiger partial charge >= 0.3 is 0 Å². The van der Waals surface area contributed by atoms with Gasteiger partial charge in [-0.1, -0.05) is 18.2 Å².